The van der Waals surface area contributed by atoms with E-state index in [9.17, 15) is 0 Å². The number of hydrogen-bond acceptors (Lipinski definition) is 3. The Balaban J connectivity index is 1.90. The van der Waals surface area contributed by atoms with Crippen LogP contribution in [-0.2, 0) is 11.2 Å². The lowest BCUT2D eigenvalue weighted by atomic mass is 9.96. The Morgan fingerprint density at radius 3 is 2.95 bits per heavy atom. The van der Waals surface area contributed by atoms with Crippen molar-refractivity contribution >= 4 is 0 Å². The van der Waals surface area contributed by atoms with E-state index in [0.717, 1.165) is 32.1 Å². The lowest BCUT2D eigenvalue weighted by molar-refractivity contribution is 0.181. The normalized spacial score (nSPS) is 21.2. The molecular weight excluding hydrogens is 238 g/mol. The monoisotopic (exact) mass is 265 g/mol. The van der Waals surface area contributed by atoms with E-state index >= 15 is 0 Å². The lowest BCUT2D eigenvalue weighted by Crippen LogP contribution is -2.33. The Bertz CT molecular complexity index is 369. The van der Waals surface area contributed by atoms with Crippen LogP contribution in [-0.4, -0.2) is 35.6 Å². The fraction of sp³-hybridized carbons (Fsp3) is 0.800. The largest absolute Gasteiger partial charge is 0.381 e. The summed E-state index contributed by atoms with van der Waals surface area (Å²) >= 11 is 0. The smallest absolute Gasteiger partial charge is 0.0640 e. The third kappa shape index (κ3) is 4.32. The second-order valence-electron chi connectivity index (χ2n) is 5.80. The molecule has 2 rings (SSSR count). The standard InChI is InChI=1S/C15H27N3O/c1-4-16-15(9-13-6-8-19-11-13)10-14-5-7-18(17-14)12(2)3/h5,7,12-13,15-16H,4,6,8-11H2,1-3H3. The molecule has 4 nitrogen and oxygen atoms in total. The Labute approximate surface area is 116 Å². The molecule has 4 heteroatoms. The average molecular weight is 265 g/mol. The van der Waals surface area contributed by atoms with E-state index < -0.39 is 0 Å². The topological polar surface area (TPSA) is 39.1 Å². The van der Waals surface area contributed by atoms with Gasteiger partial charge in [0.25, 0.3) is 0 Å². The van der Waals surface area contributed by atoms with Crippen molar-refractivity contribution in [1.29, 1.82) is 0 Å². The van der Waals surface area contributed by atoms with Crippen molar-refractivity contribution in [3.05, 3.63) is 18.0 Å². The molecule has 0 spiro atoms. The van der Waals surface area contributed by atoms with Crippen molar-refractivity contribution in [3.8, 4) is 0 Å². The van der Waals surface area contributed by atoms with E-state index in [0.29, 0.717) is 12.1 Å². The quantitative estimate of drug-likeness (QED) is 0.823. The van der Waals surface area contributed by atoms with E-state index in [1.807, 2.05) is 4.68 Å². The van der Waals surface area contributed by atoms with Gasteiger partial charge in [-0.2, -0.15) is 5.10 Å². The van der Waals surface area contributed by atoms with Crippen LogP contribution in [0, 0.1) is 5.92 Å². The van der Waals surface area contributed by atoms with Gasteiger partial charge in [-0.05, 0) is 45.2 Å². The summed E-state index contributed by atoms with van der Waals surface area (Å²) < 4.78 is 7.51. The minimum Gasteiger partial charge on any atom is -0.381 e. The van der Waals surface area contributed by atoms with Gasteiger partial charge >= 0.3 is 0 Å². The maximum Gasteiger partial charge on any atom is 0.0640 e. The summed E-state index contributed by atoms with van der Waals surface area (Å²) in [4.78, 5) is 0. The molecule has 0 saturated carbocycles. The first-order valence-electron chi connectivity index (χ1n) is 7.54. The Morgan fingerprint density at radius 2 is 2.37 bits per heavy atom. The van der Waals surface area contributed by atoms with E-state index in [2.05, 4.69) is 43.4 Å². The minimum atomic E-state index is 0.439. The molecule has 1 N–H and O–H groups in total. The number of aromatic nitrogens is 2. The first-order chi connectivity index (χ1) is 9.19. The molecule has 1 aliphatic heterocycles. The molecule has 0 radical (unpaired) electrons. The minimum absolute atomic E-state index is 0.439. The van der Waals surface area contributed by atoms with Crippen molar-refractivity contribution in [2.75, 3.05) is 19.8 Å². The third-order valence-corrected chi connectivity index (χ3v) is 3.78. The van der Waals surface area contributed by atoms with Crippen LogP contribution in [0.25, 0.3) is 0 Å². The molecule has 1 saturated heterocycles. The summed E-state index contributed by atoms with van der Waals surface area (Å²) in [6.07, 6.45) is 5.51. The molecule has 0 bridgehead atoms. The van der Waals surface area contributed by atoms with Crippen molar-refractivity contribution < 1.29 is 4.74 Å². The van der Waals surface area contributed by atoms with Crippen LogP contribution in [0.2, 0.25) is 0 Å². The van der Waals surface area contributed by atoms with Crippen LogP contribution in [0.5, 0.6) is 0 Å². The maximum absolute atomic E-state index is 5.47. The predicted octanol–water partition coefficient (Wildman–Crippen LogP) is 2.41. The Morgan fingerprint density at radius 1 is 1.53 bits per heavy atom. The van der Waals surface area contributed by atoms with E-state index in [1.54, 1.807) is 0 Å². The number of likely N-dealkylation sites (N-methyl/N-ethyl adjacent to an activating group) is 1. The average Bonchev–Trinajstić information content (AvgIpc) is 3.00. The molecule has 1 aromatic heterocycles. The highest BCUT2D eigenvalue weighted by Crippen LogP contribution is 2.20. The molecule has 2 unspecified atom stereocenters. The second kappa shape index (κ2) is 7.06. The number of nitrogens with one attached hydrogen (secondary N) is 1. The molecule has 0 aromatic carbocycles. The predicted molar refractivity (Wildman–Crippen MR) is 77.3 cm³/mol. The van der Waals surface area contributed by atoms with Gasteiger partial charge in [0, 0.05) is 37.9 Å². The summed E-state index contributed by atoms with van der Waals surface area (Å²) in [6, 6.07) is 3.11. The van der Waals surface area contributed by atoms with Gasteiger partial charge in [-0.25, -0.2) is 0 Å². The van der Waals surface area contributed by atoms with Crippen LogP contribution in [0.3, 0.4) is 0 Å². The van der Waals surface area contributed by atoms with Gasteiger partial charge in [-0.3, -0.25) is 4.68 Å². The first kappa shape index (κ1) is 14.5. The van der Waals surface area contributed by atoms with E-state index in [-0.39, 0.29) is 0 Å². The molecule has 1 aromatic rings. The summed E-state index contributed by atoms with van der Waals surface area (Å²) in [6.45, 7) is 9.38. The molecule has 2 atom stereocenters. The Hall–Kier alpha value is -0.870. The lowest BCUT2D eigenvalue weighted by Gasteiger charge is -2.20. The number of rotatable bonds is 7. The first-order valence-corrected chi connectivity index (χ1v) is 7.54. The SMILES string of the molecule is CCNC(Cc1ccn(C(C)C)n1)CC1CCOC1. The zero-order chi connectivity index (χ0) is 13.7. The van der Waals surface area contributed by atoms with Gasteiger partial charge in [-0.1, -0.05) is 6.92 Å². The number of hydrogen-bond donors (Lipinski definition) is 1. The Kier molecular flexibility index (Phi) is 5.40. The second-order valence-corrected chi connectivity index (χ2v) is 5.80. The molecule has 19 heavy (non-hydrogen) atoms. The number of ether oxygens (including phenoxy) is 1. The van der Waals surface area contributed by atoms with Crippen LogP contribution in [0.4, 0.5) is 0 Å². The summed E-state index contributed by atoms with van der Waals surface area (Å²) in [5.41, 5.74) is 1.19. The van der Waals surface area contributed by atoms with Crippen molar-refractivity contribution in [2.45, 2.75) is 52.1 Å². The van der Waals surface area contributed by atoms with Crippen molar-refractivity contribution in [1.82, 2.24) is 15.1 Å². The van der Waals surface area contributed by atoms with Gasteiger partial charge in [0.05, 0.1) is 5.69 Å². The highest BCUT2D eigenvalue weighted by atomic mass is 16.5. The third-order valence-electron chi connectivity index (χ3n) is 3.78. The van der Waals surface area contributed by atoms with Crippen molar-refractivity contribution in [2.24, 2.45) is 5.92 Å². The van der Waals surface area contributed by atoms with E-state index in [1.165, 1.54) is 18.5 Å². The van der Waals surface area contributed by atoms with Crippen LogP contribution in [0.15, 0.2) is 12.3 Å². The zero-order valence-electron chi connectivity index (χ0n) is 12.4. The zero-order valence-corrected chi connectivity index (χ0v) is 12.4. The fourth-order valence-corrected chi connectivity index (χ4v) is 2.73. The highest BCUT2D eigenvalue weighted by Gasteiger charge is 2.21. The number of nitrogens with zero attached hydrogens (tertiary/aromatic N) is 2. The highest BCUT2D eigenvalue weighted by molar-refractivity contribution is 5.02. The fourth-order valence-electron chi connectivity index (χ4n) is 2.73. The molecule has 1 aliphatic rings. The van der Waals surface area contributed by atoms with Crippen LogP contribution < -0.4 is 5.32 Å². The van der Waals surface area contributed by atoms with Crippen LogP contribution >= 0.6 is 0 Å². The van der Waals surface area contributed by atoms with Gasteiger partial charge < -0.3 is 10.1 Å². The maximum atomic E-state index is 5.47. The molecule has 0 amide bonds. The molecule has 108 valence electrons. The van der Waals surface area contributed by atoms with Gasteiger partial charge in [0.15, 0.2) is 0 Å². The van der Waals surface area contributed by atoms with E-state index in [4.69, 9.17) is 4.74 Å². The van der Waals surface area contributed by atoms with Gasteiger partial charge in [-0.15, -0.1) is 0 Å². The summed E-state index contributed by atoms with van der Waals surface area (Å²) in [5.74, 6) is 0.719. The molecular formula is C15H27N3O. The summed E-state index contributed by atoms with van der Waals surface area (Å²) in [5, 5.41) is 8.24. The molecule has 1 fully saturated rings. The van der Waals surface area contributed by atoms with Crippen molar-refractivity contribution in [3.63, 3.8) is 0 Å². The van der Waals surface area contributed by atoms with Crippen LogP contribution in [0.1, 0.15) is 45.3 Å². The summed E-state index contributed by atoms with van der Waals surface area (Å²) in [7, 11) is 0. The van der Waals surface area contributed by atoms with Gasteiger partial charge in [0.1, 0.15) is 0 Å². The molecule has 0 aliphatic carbocycles. The van der Waals surface area contributed by atoms with Gasteiger partial charge in [0.2, 0.25) is 0 Å². The molecule has 2 heterocycles.